The fraction of sp³-hybridized carbons (Fsp3) is 0.917. The SMILES string of the molecule is CC1(C)CC(C=O)(N2CCOCC2)CCO1. The normalized spacial score (nSPS) is 35.9. The lowest BCUT2D eigenvalue weighted by molar-refractivity contribution is -0.150. The summed E-state index contributed by atoms with van der Waals surface area (Å²) in [5.41, 5.74) is -0.525. The predicted octanol–water partition coefficient (Wildman–Crippen LogP) is 0.845. The minimum absolute atomic E-state index is 0.197. The summed E-state index contributed by atoms with van der Waals surface area (Å²) in [5, 5.41) is 0. The molecule has 0 N–H and O–H groups in total. The molecule has 0 aliphatic carbocycles. The number of hydrogen-bond donors (Lipinski definition) is 0. The van der Waals surface area contributed by atoms with Crippen molar-refractivity contribution in [1.29, 1.82) is 0 Å². The molecule has 0 bridgehead atoms. The van der Waals surface area contributed by atoms with Crippen molar-refractivity contribution in [1.82, 2.24) is 4.90 Å². The molecule has 2 aliphatic rings. The van der Waals surface area contributed by atoms with E-state index in [9.17, 15) is 4.79 Å². The molecule has 0 radical (unpaired) electrons. The van der Waals surface area contributed by atoms with Crippen molar-refractivity contribution in [2.24, 2.45) is 0 Å². The number of hydrogen-bond acceptors (Lipinski definition) is 4. The van der Waals surface area contributed by atoms with Gasteiger partial charge in [-0.25, -0.2) is 0 Å². The molecule has 0 aromatic carbocycles. The van der Waals surface area contributed by atoms with Crippen molar-refractivity contribution in [2.45, 2.75) is 37.8 Å². The Balaban J connectivity index is 2.13. The van der Waals surface area contributed by atoms with Gasteiger partial charge in [0.2, 0.25) is 0 Å². The highest BCUT2D eigenvalue weighted by Crippen LogP contribution is 2.35. The van der Waals surface area contributed by atoms with Crippen molar-refractivity contribution in [2.75, 3.05) is 32.9 Å². The molecule has 0 amide bonds. The van der Waals surface area contributed by atoms with Gasteiger partial charge in [0, 0.05) is 26.1 Å². The van der Waals surface area contributed by atoms with E-state index in [2.05, 4.69) is 18.7 Å². The van der Waals surface area contributed by atoms with Crippen LogP contribution in [0.1, 0.15) is 26.7 Å². The Morgan fingerprint density at radius 1 is 1.19 bits per heavy atom. The lowest BCUT2D eigenvalue weighted by atomic mass is 9.80. The molecule has 1 unspecified atom stereocenters. The van der Waals surface area contributed by atoms with Gasteiger partial charge in [-0.3, -0.25) is 4.90 Å². The van der Waals surface area contributed by atoms with Crippen molar-refractivity contribution < 1.29 is 14.3 Å². The standard InChI is InChI=1S/C12H21NO3/c1-11(2)9-12(10-14,3-6-16-11)13-4-7-15-8-5-13/h10H,3-9H2,1-2H3. The van der Waals surface area contributed by atoms with Crippen molar-refractivity contribution >= 4 is 6.29 Å². The summed E-state index contributed by atoms with van der Waals surface area (Å²) >= 11 is 0. The summed E-state index contributed by atoms with van der Waals surface area (Å²) < 4.78 is 11.0. The molecule has 0 saturated carbocycles. The third-order valence-electron chi connectivity index (χ3n) is 3.62. The number of rotatable bonds is 2. The predicted molar refractivity (Wildman–Crippen MR) is 60.5 cm³/mol. The molecule has 0 aromatic rings. The largest absolute Gasteiger partial charge is 0.379 e. The van der Waals surface area contributed by atoms with E-state index in [1.165, 1.54) is 0 Å². The minimum atomic E-state index is -0.328. The van der Waals surface area contributed by atoms with Crippen LogP contribution < -0.4 is 0 Å². The average molecular weight is 227 g/mol. The van der Waals surface area contributed by atoms with E-state index in [0.29, 0.717) is 6.61 Å². The average Bonchev–Trinajstić information content (AvgIpc) is 2.29. The topological polar surface area (TPSA) is 38.8 Å². The van der Waals surface area contributed by atoms with Crippen LogP contribution in [0.5, 0.6) is 0 Å². The van der Waals surface area contributed by atoms with Crippen LogP contribution in [0.15, 0.2) is 0 Å². The van der Waals surface area contributed by atoms with Crippen LogP contribution in [0.2, 0.25) is 0 Å². The van der Waals surface area contributed by atoms with Crippen molar-refractivity contribution in [3.63, 3.8) is 0 Å². The monoisotopic (exact) mass is 227 g/mol. The Hall–Kier alpha value is -0.450. The Morgan fingerprint density at radius 2 is 1.88 bits per heavy atom. The van der Waals surface area contributed by atoms with Crippen LogP contribution in [0.25, 0.3) is 0 Å². The zero-order valence-electron chi connectivity index (χ0n) is 10.2. The van der Waals surface area contributed by atoms with E-state index >= 15 is 0 Å². The molecule has 92 valence electrons. The highest BCUT2D eigenvalue weighted by Gasteiger charge is 2.45. The third kappa shape index (κ3) is 2.29. The minimum Gasteiger partial charge on any atom is -0.379 e. The summed E-state index contributed by atoms with van der Waals surface area (Å²) in [7, 11) is 0. The first-order valence-corrected chi connectivity index (χ1v) is 6.01. The lowest BCUT2D eigenvalue weighted by Crippen LogP contribution is -2.60. The van der Waals surface area contributed by atoms with E-state index in [4.69, 9.17) is 9.47 Å². The smallest absolute Gasteiger partial charge is 0.140 e. The first kappa shape index (κ1) is 12.0. The molecular weight excluding hydrogens is 206 g/mol. The molecule has 2 fully saturated rings. The molecule has 1 atom stereocenters. The molecular formula is C12H21NO3. The first-order chi connectivity index (χ1) is 7.58. The van der Waals surface area contributed by atoms with Crippen molar-refractivity contribution in [3.8, 4) is 0 Å². The molecule has 2 rings (SSSR count). The van der Waals surface area contributed by atoms with Gasteiger partial charge in [0.25, 0.3) is 0 Å². The van der Waals surface area contributed by atoms with Gasteiger partial charge < -0.3 is 14.3 Å². The van der Waals surface area contributed by atoms with Gasteiger partial charge in [-0.05, 0) is 20.3 Å². The Bertz CT molecular complexity index is 261. The zero-order chi connectivity index (χ0) is 11.6. The van der Waals surface area contributed by atoms with Crippen LogP contribution in [0, 0.1) is 0 Å². The third-order valence-corrected chi connectivity index (χ3v) is 3.62. The molecule has 4 nitrogen and oxygen atoms in total. The fourth-order valence-electron chi connectivity index (χ4n) is 2.83. The van der Waals surface area contributed by atoms with Crippen LogP contribution in [-0.4, -0.2) is 55.2 Å². The van der Waals surface area contributed by atoms with Gasteiger partial charge in [0.1, 0.15) is 6.29 Å². The van der Waals surface area contributed by atoms with Crippen LogP contribution in [0.4, 0.5) is 0 Å². The molecule has 2 saturated heterocycles. The number of ether oxygens (including phenoxy) is 2. The van der Waals surface area contributed by atoms with Gasteiger partial charge in [-0.2, -0.15) is 0 Å². The van der Waals surface area contributed by atoms with Crippen LogP contribution in [0.3, 0.4) is 0 Å². The van der Waals surface area contributed by atoms with E-state index in [1.54, 1.807) is 0 Å². The van der Waals surface area contributed by atoms with E-state index < -0.39 is 0 Å². The van der Waals surface area contributed by atoms with E-state index in [-0.39, 0.29) is 11.1 Å². The zero-order valence-corrected chi connectivity index (χ0v) is 10.2. The second-order valence-electron chi connectivity index (χ2n) is 5.36. The van der Waals surface area contributed by atoms with E-state index in [1.807, 2.05) is 0 Å². The number of nitrogens with zero attached hydrogens (tertiary/aromatic N) is 1. The van der Waals surface area contributed by atoms with Gasteiger partial charge in [-0.15, -0.1) is 0 Å². The van der Waals surface area contributed by atoms with Crippen molar-refractivity contribution in [3.05, 3.63) is 0 Å². The van der Waals surface area contributed by atoms with Crippen LogP contribution >= 0.6 is 0 Å². The quantitative estimate of drug-likeness (QED) is 0.655. The van der Waals surface area contributed by atoms with Gasteiger partial charge in [-0.1, -0.05) is 0 Å². The Kier molecular flexibility index (Phi) is 3.33. The summed E-state index contributed by atoms with van der Waals surface area (Å²) in [6, 6.07) is 0. The number of aldehydes is 1. The molecule has 4 heteroatoms. The molecule has 2 aliphatic heterocycles. The summed E-state index contributed by atoms with van der Waals surface area (Å²) in [6.07, 6.45) is 2.71. The molecule has 0 aromatic heterocycles. The summed E-state index contributed by atoms with van der Waals surface area (Å²) in [5.74, 6) is 0. The molecule has 0 spiro atoms. The number of morpholine rings is 1. The lowest BCUT2D eigenvalue weighted by Gasteiger charge is -2.48. The number of carbonyl (C=O) groups is 1. The first-order valence-electron chi connectivity index (χ1n) is 6.01. The van der Waals surface area contributed by atoms with Gasteiger partial charge in [0.15, 0.2) is 0 Å². The fourth-order valence-corrected chi connectivity index (χ4v) is 2.83. The second-order valence-corrected chi connectivity index (χ2v) is 5.36. The Morgan fingerprint density at radius 3 is 2.44 bits per heavy atom. The summed E-state index contributed by atoms with van der Waals surface area (Å²) in [6.45, 7) is 7.97. The summed E-state index contributed by atoms with van der Waals surface area (Å²) in [4.78, 5) is 13.8. The van der Waals surface area contributed by atoms with Gasteiger partial charge in [0.05, 0.1) is 24.4 Å². The highest BCUT2D eigenvalue weighted by atomic mass is 16.5. The van der Waals surface area contributed by atoms with E-state index in [0.717, 1.165) is 45.4 Å². The van der Waals surface area contributed by atoms with Gasteiger partial charge >= 0.3 is 0 Å². The van der Waals surface area contributed by atoms with Crippen LogP contribution in [-0.2, 0) is 14.3 Å². The maximum absolute atomic E-state index is 11.5. The second kappa shape index (κ2) is 4.43. The maximum Gasteiger partial charge on any atom is 0.140 e. The Labute approximate surface area is 96.9 Å². The number of carbonyl (C=O) groups excluding carboxylic acids is 1. The highest BCUT2D eigenvalue weighted by molar-refractivity contribution is 5.65. The molecule has 16 heavy (non-hydrogen) atoms. The maximum atomic E-state index is 11.5. The molecule has 2 heterocycles.